The number of hydrogen-bond acceptors (Lipinski definition) is 4. The van der Waals surface area contributed by atoms with E-state index < -0.39 is 0 Å². The van der Waals surface area contributed by atoms with Gasteiger partial charge in [-0.05, 0) is 37.8 Å². The molecule has 3 atom stereocenters. The van der Waals surface area contributed by atoms with Crippen molar-refractivity contribution in [1.82, 2.24) is 10.2 Å². The van der Waals surface area contributed by atoms with Crippen LogP contribution in [0.1, 0.15) is 25.3 Å². The van der Waals surface area contributed by atoms with Crippen molar-refractivity contribution in [3.05, 3.63) is 29.8 Å². The van der Waals surface area contributed by atoms with Gasteiger partial charge < -0.3 is 24.6 Å². The quantitative estimate of drug-likeness (QED) is 0.646. The molecule has 0 spiro atoms. The molecule has 3 unspecified atom stereocenters. The fraction of sp³-hybridized carbons (Fsp3) is 0.667. The molecule has 27 heavy (non-hydrogen) atoms. The van der Waals surface area contributed by atoms with Gasteiger partial charge in [0, 0.05) is 51.6 Å². The molecule has 2 saturated heterocycles. The zero-order valence-corrected chi connectivity index (χ0v) is 16.6. The molecule has 0 radical (unpaired) electrons. The number of fused-ring (bicyclic) bond motifs is 1. The van der Waals surface area contributed by atoms with Crippen LogP contribution in [0.3, 0.4) is 0 Å². The molecule has 1 N–H and O–H groups in total. The van der Waals surface area contributed by atoms with Crippen molar-refractivity contribution in [1.29, 1.82) is 0 Å². The largest absolute Gasteiger partial charge is 0.375 e. The first-order valence-corrected chi connectivity index (χ1v) is 10.3. The van der Waals surface area contributed by atoms with Crippen molar-refractivity contribution < 1.29 is 9.47 Å². The number of para-hydroxylation sites is 1. The van der Waals surface area contributed by atoms with Crippen molar-refractivity contribution in [2.75, 3.05) is 51.3 Å². The summed E-state index contributed by atoms with van der Waals surface area (Å²) in [6.45, 7) is 7.60. The van der Waals surface area contributed by atoms with Gasteiger partial charge in [0.1, 0.15) is 6.10 Å². The van der Waals surface area contributed by atoms with E-state index in [1.54, 1.807) is 0 Å². The Morgan fingerprint density at radius 2 is 2.07 bits per heavy atom. The molecule has 4 rings (SSSR count). The van der Waals surface area contributed by atoms with E-state index in [1.165, 1.54) is 11.3 Å². The molecular weight excluding hydrogens is 340 g/mol. The second kappa shape index (κ2) is 8.48. The van der Waals surface area contributed by atoms with Gasteiger partial charge in [-0.15, -0.1) is 0 Å². The minimum atomic E-state index is 0.155. The van der Waals surface area contributed by atoms with Gasteiger partial charge in [-0.3, -0.25) is 4.99 Å². The van der Waals surface area contributed by atoms with E-state index in [0.717, 1.165) is 64.6 Å². The van der Waals surface area contributed by atoms with Crippen LogP contribution in [0.2, 0.25) is 0 Å². The molecule has 1 aromatic carbocycles. The molecule has 0 saturated carbocycles. The fourth-order valence-corrected chi connectivity index (χ4v) is 4.49. The SMILES string of the molecule is CN=C(NCC(C)N1CCc2ccccc21)N1CCOC(C2CCCO2)C1. The van der Waals surface area contributed by atoms with E-state index in [9.17, 15) is 0 Å². The lowest BCUT2D eigenvalue weighted by atomic mass is 10.1. The molecular formula is C21H32N4O2. The maximum Gasteiger partial charge on any atom is 0.193 e. The van der Waals surface area contributed by atoms with Crippen LogP contribution >= 0.6 is 0 Å². The van der Waals surface area contributed by atoms with Gasteiger partial charge in [0.15, 0.2) is 5.96 Å². The van der Waals surface area contributed by atoms with Gasteiger partial charge in [-0.25, -0.2) is 0 Å². The average Bonchev–Trinajstić information content (AvgIpc) is 3.38. The molecule has 0 aliphatic carbocycles. The Morgan fingerprint density at radius 3 is 2.89 bits per heavy atom. The Kier molecular flexibility index (Phi) is 5.83. The number of aliphatic imine (C=N–C) groups is 1. The van der Waals surface area contributed by atoms with Crippen LogP contribution in [-0.2, 0) is 15.9 Å². The van der Waals surface area contributed by atoms with Crippen molar-refractivity contribution >= 4 is 11.6 Å². The standard InChI is InChI=1S/C21H32N4O2/c1-16(25-10-9-17-6-3-4-7-18(17)25)14-23-21(22-2)24-11-13-27-20(15-24)19-8-5-12-26-19/h3-4,6-7,16,19-20H,5,8-15H2,1-2H3,(H,22,23). The Labute approximate surface area is 162 Å². The molecule has 2 fully saturated rings. The molecule has 0 aromatic heterocycles. The monoisotopic (exact) mass is 372 g/mol. The molecule has 0 amide bonds. The summed E-state index contributed by atoms with van der Waals surface area (Å²) in [5.74, 6) is 0.973. The maximum absolute atomic E-state index is 5.98. The van der Waals surface area contributed by atoms with Crippen LogP contribution in [0, 0.1) is 0 Å². The summed E-state index contributed by atoms with van der Waals surface area (Å²) in [6, 6.07) is 9.17. The summed E-state index contributed by atoms with van der Waals surface area (Å²) in [6.07, 6.45) is 3.79. The highest BCUT2D eigenvalue weighted by Crippen LogP contribution is 2.29. The van der Waals surface area contributed by atoms with Gasteiger partial charge in [0.2, 0.25) is 0 Å². The Hall–Kier alpha value is -1.79. The summed E-state index contributed by atoms with van der Waals surface area (Å²) in [4.78, 5) is 9.36. The smallest absolute Gasteiger partial charge is 0.193 e. The summed E-state index contributed by atoms with van der Waals surface area (Å²) < 4.78 is 11.8. The number of rotatable bonds is 4. The van der Waals surface area contributed by atoms with Crippen LogP contribution in [0.5, 0.6) is 0 Å². The predicted molar refractivity (Wildman–Crippen MR) is 109 cm³/mol. The number of anilines is 1. The number of morpholine rings is 1. The van der Waals surface area contributed by atoms with E-state index >= 15 is 0 Å². The number of ether oxygens (including phenoxy) is 2. The summed E-state index contributed by atoms with van der Waals surface area (Å²) in [5, 5.41) is 3.60. The average molecular weight is 373 g/mol. The molecule has 3 aliphatic rings. The number of nitrogens with one attached hydrogen (secondary N) is 1. The van der Waals surface area contributed by atoms with Gasteiger partial charge in [0.05, 0.1) is 12.7 Å². The lowest BCUT2D eigenvalue weighted by Gasteiger charge is -2.37. The van der Waals surface area contributed by atoms with Crippen molar-refractivity contribution in [2.24, 2.45) is 4.99 Å². The van der Waals surface area contributed by atoms with Gasteiger partial charge in [-0.2, -0.15) is 0 Å². The van der Waals surface area contributed by atoms with Gasteiger partial charge in [0.25, 0.3) is 0 Å². The second-order valence-corrected chi connectivity index (χ2v) is 7.76. The van der Waals surface area contributed by atoms with Gasteiger partial charge in [-0.1, -0.05) is 18.2 Å². The highest BCUT2D eigenvalue weighted by molar-refractivity contribution is 5.80. The molecule has 1 aromatic rings. The van der Waals surface area contributed by atoms with Crippen LogP contribution in [0.4, 0.5) is 5.69 Å². The number of benzene rings is 1. The molecule has 148 valence electrons. The molecule has 6 nitrogen and oxygen atoms in total. The summed E-state index contributed by atoms with van der Waals surface area (Å²) in [7, 11) is 1.87. The molecule has 6 heteroatoms. The summed E-state index contributed by atoms with van der Waals surface area (Å²) in [5.41, 5.74) is 2.84. The third kappa shape index (κ3) is 4.06. The number of guanidine groups is 1. The van der Waals surface area contributed by atoms with Crippen molar-refractivity contribution in [2.45, 2.75) is 44.4 Å². The molecule has 3 aliphatic heterocycles. The fourth-order valence-electron chi connectivity index (χ4n) is 4.49. The molecule has 3 heterocycles. The normalized spacial score (nSPS) is 27.0. The Balaban J connectivity index is 1.32. The Morgan fingerprint density at radius 1 is 1.22 bits per heavy atom. The second-order valence-electron chi connectivity index (χ2n) is 7.76. The summed E-state index contributed by atoms with van der Waals surface area (Å²) >= 11 is 0. The first kappa shape index (κ1) is 18.6. The Bertz CT molecular complexity index is 659. The number of nitrogens with zero attached hydrogens (tertiary/aromatic N) is 3. The minimum Gasteiger partial charge on any atom is -0.375 e. The third-order valence-corrected chi connectivity index (χ3v) is 6.00. The highest BCUT2D eigenvalue weighted by Gasteiger charge is 2.32. The minimum absolute atomic E-state index is 0.155. The van der Waals surface area contributed by atoms with E-state index in [2.05, 4.69) is 51.3 Å². The maximum atomic E-state index is 5.98. The van der Waals surface area contributed by atoms with E-state index in [0.29, 0.717) is 6.04 Å². The van der Waals surface area contributed by atoms with Crippen molar-refractivity contribution in [3.8, 4) is 0 Å². The first-order chi connectivity index (χ1) is 13.3. The van der Waals surface area contributed by atoms with E-state index in [-0.39, 0.29) is 12.2 Å². The predicted octanol–water partition coefficient (Wildman–Crippen LogP) is 1.89. The highest BCUT2D eigenvalue weighted by atomic mass is 16.5. The van der Waals surface area contributed by atoms with E-state index in [4.69, 9.17) is 9.47 Å². The van der Waals surface area contributed by atoms with Crippen LogP contribution in [-0.4, -0.2) is 75.5 Å². The topological polar surface area (TPSA) is 49.3 Å². The lowest BCUT2D eigenvalue weighted by Crippen LogP contribution is -2.54. The lowest BCUT2D eigenvalue weighted by molar-refractivity contribution is -0.0816. The number of hydrogen-bond donors (Lipinski definition) is 1. The van der Waals surface area contributed by atoms with E-state index in [1.807, 2.05) is 7.05 Å². The van der Waals surface area contributed by atoms with Crippen LogP contribution in [0.15, 0.2) is 29.3 Å². The first-order valence-electron chi connectivity index (χ1n) is 10.3. The van der Waals surface area contributed by atoms with Gasteiger partial charge >= 0.3 is 0 Å². The zero-order valence-electron chi connectivity index (χ0n) is 16.6. The molecule has 0 bridgehead atoms. The van der Waals surface area contributed by atoms with Crippen molar-refractivity contribution in [3.63, 3.8) is 0 Å². The van der Waals surface area contributed by atoms with Crippen LogP contribution in [0.25, 0.3) is 0 Å². The third-order valence-electron chi connectivity index (χ3n) is 6.00. The zero-order chi connectivity index (χ0) is 18.6. The van der Waals surface area contributed by atoms with Crippen LogP contribution < -0.4 is 10.2 Å².